The third-order valence-corrected chi connectivity index (χ3v) is 4.58. The van der Waals surface area contributed by atoms with Gasteiger partial charge in [0.05, 0.1) is 6.61 Å². The summed E-state index contributed by atoms with van der Waals surface area (Å²) in [4.78, 5) is 0. The van der Waals surface area contributed by atoms with Gasteiger partial charge in [-0.2, -0.15) is 11.8 Å². The highest BCUT2D eigenvalue weighted by atomic mass is 32.2. The van der Waals surface area contributed by atoms with Crippen LogP contribution in [0, 0.1) is 5.92 Å². The van der Waals surface area contributed by atoms with Gasteiger partial charge in [0, 0.05) is 29.8 Å². The Morgan fingerprint density at radius 1 is 1.40 bits per heavy atom. The summed E-state index contributed by atoms with van der Waals surface area (Å²) < 4.78 is 5.32. The molecule has 90 valence electrons. The van der Waals surface area contributed by atoms with Crippen LogP contribution < -0.4 is 5.73 Å². The summed E-state index contributed by atoms with van der Waals surface area (Å²) in [6, 6.07) is 0.0860. The van der Waals surface area contributed by atoms with Gasteiger partial charge >= 0.3 is 0 Å². The molecule has 0 aromatic carbocycles. The molecule has 1 saturated heterocycles. The third kappa shape index (κ3) is 4.31. The van der Waals surface area contributed by atoms with Gasteiger partial charge in [-0.1, -0.05) is 13.8 Å². The molecule has 0 saturated carbocycles. The van der Waals surface area contributed by atoms with E-state index in [1.54, 1.807) is 0 Å². The lowest BCUT2D eigenvalue weighted by Crippen LogP contribution is -2.41. The predicted octanol–water partition coefficient (Wildman–Crippen LogP) is 1.24. The molecule has 0 radical (unpaired) electrons. The Balaban J connectivity index is 2.37. The second-order valence-corrected chi connectivity index (χ2v) is 6.03. The number of aliphatic hydroxyl groups excluding tert-OH is 1. The fourth-order valence-corrected chi connectivity index (χ4v) is 3.28. The van der Waals surface area contributed by atoms with E-state index in [0.717, 1.165) is 26.1 Å². The molecule has 1 aliphatic rings. The number of hydrogen-bond acceptors (Lipinski definition) is 4. The van der Waals surface area contributed by atoms with E-state index in [4.69, 9.17) is 10.5 Å². The lowest BCUT2D eigenvalue weighted by atomic mass is 10.0. The second-order valence-electron chi connectivity index (χ2n) is 4.49. The minimum atomic E-state index is 0.0860. The van der Waals surface area contributed by atoms with Crippen molar-refractivity contribution < 1.29 is 9.84 Å². The predicted molar refractivity (Wildman–Crippen MR) is 65.1 cm³/mol. The molecule has 4 heteroatoms. The molecule has 15 heavy (non-hydrogen) atoms. The van der Waals surface area contributed by atoms with Gasteiger partial charge in [-0.15, -0.1) is 0 Å². The first-order valence-electron chi connectivity index (χ1n) is 5.74. The van der Waals surface area contributed by atoms with Crippen molar-refractivity contribution in [2.24, 2.45) is 11.7 Å². The Morgan fingerprint density at radius 3 is 2.47 bits per heavy atom. The summed E-state index contributed by atoms with van der Waals surface area (Å²) in [5.74, 6) is 0.425. The summed E-state index contributed by atoms with van der Waals surface area (Å²) in [6.07, 6.45) is 2.18. The fourth-order valence-electron chi connectivity index (χ4n) is 1.74. The highest BCUT2D eigenvalue weighted by Gasteiger charge is 2.25. The number of hydrogen-bond donors (Lipinski definition) is 2. The van der Waals surface area contributed by atoms with Crippen LogP contribution in [0.3, 0.4) is 0 Å². The molecule has 0 aromatic heterocycles. The van der Waals surface area contributed by atoms with Gasteiger partial charge in [-0.3, -0.25) is 0 Å². The van der Waals surface area contributed by atoms with Crippen molar-refractivity contribution in [1.29, 1.82) is 0 Å². The molecule has 1 heterocycles. The summed E-state index contributed by atoms with van der Waals surface area (Å²) in [7, 11) is 0. The van der Waals surface area contributed by atoms with Gasteiger partial charge in [0.25, 0.3) is 0 Å². The highest BCUT2D eigenvalue weighted by molar-refractivity contribution is 8.00. The molecule has 1 rings (SSSR count). The van der Waals surface area contributed by atoms with Crippen LogP contribution in [0.25, 0.3) is 0 Å². The summed E-state index contributed by atoms with van der Waals surface area (Å²) in [6.45, 7) is 6.11. The van der Waals surface area contributed by atoms with E-state index < -0.39 is 0 Å². The zero-order chi connectivity index (χ0) is 11.3. The van der Waals surface area contributed by atoms with Crippen LogP contribution in [-0.2, 0) is 4.74 Å². The number of nitrogens with two attached hydrogens (primary N) is 1. The van der Waals surface area contributed by atoms with E-state index in [2.05, 4.69) is 13.8 Å². The molecule has 2 unspecified atom stereocenters. The largest absolute Gasteiger partial charge is 0.395 e. The normalized spacial score (nSPS) is 23.0. The van der Waals surface area contributed by atoms with Crippen molar-refractivity contribution in [3.8, 4) is 0 Å². The molecular formula is C11H23NO2S. The lowest BCUT2D eigenvalue weighted by Gasteiger charge is -2.30. The molecule has 2 atom stereocenters. The second kappa shape index (κ2) is 6.74. The number of rotatable bonds is 5. The molecule has 1 aliphatic heterocycles. The Morgan fingerprint density at radius 2 is 2.00 bits per heavy atom. The zero-order valence-electron chi connectivity index (χ0n) is 9.69. The number of thioether (sulfide) groups is 1. The van der Waals surface area contributed by atoms with E-state index in [1.807, 2.05) is 11.8 Å². The molecule has 3 nitrogen and oxygen atoms in total. The topological polar surface area (TPSA) is 55.5 Å². The molecule has 0 bridgehead atoms. The zero-order valence-corrected chi connectivity index (χ0v) is 10.5. The minimum absolute atomic E-state index is 0.0860. The molecule has 3 N–H and O–H groups in total. The van der Waals surface area contributed by atoms with E-state index in [9.17, 15) is 5.11 Å². The van der Waals surface area contributed by atoms with Crippen LogP contribution in [-0.4, -0.2) is 41.5 Å². The van der Waals surface area contributed by atoms with Gasteiger partial charge in [0.1, 0.15) is 0 Å². The maximum absolute atomic E-state index is 9.34. The first kappa shape index (κ1) is 13.3. The van der Waals surface area contributed by atoms with E-state index >= 15 is 0 Å². The first-order valence-corrected chi connectivity index (χ1v) is 6.69. The van der Waals surface area contributed by atoms with Crippen molar-refractivity contribution in [3.63, 3.8) is 0 Å². The average Bonchev–Trinajstić information content (AvgIpc) is 2.26. The van der Waals surface area contributed by atoms with Gasteiger partial charge in [-0.05, 0) is 18.8 Å². The van der Waals surface area contributed by atoms with Gasteiger partial charge in [0.2, 0.25) is 0 Å². The number of aliphatic hydroxyl groups is 1. The van der Waals surface area contributed by atoms with Crippen LogP contribution in [0.4, 0.5) is 0 Å². The maximum Gasteiger partial charge on any atom is 0.0565 e. The van der Waals surface area contributed by atoms with Crippen molar-refractivity contribution in [1.82, 2.24) is 0 Å². The average molecular weight is 233 g/mol. The van der Waals surface area contributed by atoms with Crippen molar-refractivity contribution in [2.75, 3.05) is 19.8 Å². The Labute approximate surface area is 96.8 Å². The van der Waals surface area contributed by atoms with E-state index in [0.29, 0.717) is 11.2 Å². The molecule has 0 aliphatic carbocycles. The van der Waals surface area contributed by atoms with Gasteiger partial charge in [-0.25, -0.2) is 0 Å². The van der Waals surface area contributed by atoms with Crippen LogP contribution >= 0.6 is 11.8 Å². The molecule has 1 fully saturated rings. The fraction of sp³-hybridized carbons (Fsp3) is 1.00. The van der Waals surface area contributed by atoms with Crippen molar-refractivity contribution in [2.45, 2.75) is 43.2 Å². The van der Waals surface area contributed by atoms with E-state index in [-0.39, 0.29) is 17.9 Å². The standard InChI is InChI=1S/C11H23NO2S/c1-8(2)11(12)10(7-13)15-9-3-5-14-6-4-9/h8-11,13H,3-7,12H2,1-2H3. The molecule has 0 aromatic rings. The minimum Gasteiger partial charge on any atom is -0.395 e. The molecule has 0 spiro atoms. The molecule has 0 amide bonds. The number of ether oxygens (including phenoxy) is 1. The van der Waals surface area contributed by atoms with Gasteiger partial charge < -0.3 is 15.6 Å². The van der Waals surface area contributed by atoms with Gasteiger partial charge in [0.15, 0.2) is 0 Å². The Bertz CT molecular complexity index is 172. The summed E-state index contributed by atoms with van der Waals surface area (Å²) in [5.41, 5.74) is 6.08. The smallest absolute Gasteiger partial charge is 0.0565 e. The summed E-state index contributed by atoms with van der Waals surface area (Å²) in [5, 5.41) is 10.1. The van der Waals surface area contributed by atoms with Crippen LogP contribution in [0.2, 0.25) is 0 Å². The Kier molecular flexibility index (Phi) is 5.97. The third-order valence-electron chi connectivity index (χ3n) is 2.91. The van der Waals surface area contributed by atoms with Crippen LogP contribution in [0.1, 0.15) is 26.7 Å². The van der Waals surface area contributed by atoms with E-state index in [1.165, 1.54) is 0 Å². The van der Waals surface area contributed by atoms with Crippen LogP contribution in [0.5, 0.6) is 0 Å². The monoisotopic (exact) mass is 233 g/mol. The lowest BCUT2D eigenvalue weighted by molar-refractivity contribution is 0.0997. The maximum atomic E-state index is 9.34. The first-order chi connectivity index (χ1) is 7.15. The Hall–Kier alpha value is 0.230. The quantitative estimate of drug-likeness (QED) is 0.750. The van der Waals surface area contributed by atoms with Crippen molar-refractivity contribution >= 4 is 11.8 Å². The SMILES string of the molecule is CC(C)C(N)C(CO)SC1CCOCC1. The van der Waals surface area contributed by atoms with Crippen molar-refractivity contribution in [3.05, 3.63) is 0 Å². The highest BCUT2D eigenvalue weighted by Crippen LogP contribution is 2.28. The summed E-state index contributed by atoms with van der Waals surface area (Å²) >= 11 is 1.85. The van der Waals surface area contributed by atoms with Crippen LogP contribution in [0.15, 0.2) is 0 Å². The molecular weight excluding hydrogens is 210 g/mol.